The fraction of sp³-hybridized carbons (Fsp3) is 0. The molecule has 0 aliphatic carbocycles. The van der Waals surface area contributed by atoms with Crippen molar-refractivity contribution in [1.29, 1.82) is 0 Å². The summed E-state index contributed by atoms with van der Waals surface area (Å²) >= 11 is 1.87. The van der Waals surface area contributed by atoms with E-state index in [1.807, 2.05) is 11.3 Å². The molecule has 8 aromatic carbocycles. The lowest BCUT2D eigenvalue weighted by atomic mass is 9.94. The summed E-state index contributed by atoms with van der Waals surface area (Å²) in [6.45, 7) is 0. The van der Waals surface area contributed by atoms with Gasteiger partial charge in [0.25, 0.3) is 0 Å². The smallest absolute Gasteiger partial charge is 0.0788 e. The molecule has 0 amide bonds. The van der Waals surface area contributed by atoms with Crippen molar-refractivity contribution in [1.82, 2.24) is 9.38 Å². The van der Waals surface area contributed by atoms with Crippen molar-refractivity contribution >= 4 is 91.3 Å². The number of pyridine rings is 1. The molecule has 2 nitrogen and oxygen atoms in total. The van der Waals surface area contributed by atoms with E-state index in [4.69, 9.17) is 4.98 Å². The summed E-state index contributed by atoms with van der Waals surface area (Å²) in [5.74, 6) is 0. The Morgan fingerprint density at radius 1 is 0.365 bits per heavy atom. The molecule has 12 aromatic rings. The van der Waals surface area contributed by atoms with Crippen molar-refractivity contribution < 1.29 is 0 Å². The Labute approximate surface area is 302 Å². The average molecular weight is 677 g/mol. The van der Waals surface area contributed by atoms with Gasteiger partial charge in [0.2, 0.25) is 0 Å². The third kappa shape index (κ3) is 3.86. The Kier molecular flexibility index (Phi) is 5.68. The van der Waals surface area contributed by atoms with Crippen molar-refractivity contribution in [2.45, 2.75) is 0 Å². The Balaban J connectivity index is 1.04. The van der Waals surface area contributed by atoms with Crippen molar-refractivity contribution in [2.75, 3.05) is 0 Å². The number of para-hydroxylation sites is 2. The Bertz CT molecular complexity index is 3300. The number of nitrogens with zero attached hydrogens (tertiary/aromatic N) is 2. The van der Waals surface area contributed by atoms with Crippen molar-refractivity contribution in [3.8, 4) is 33.5 Å². The minimum atomic E-state index is 1.01. The molecule has 52 heavy (non-hydrogen) atoms. The number of benzene rings is 8. The van der Waals surface area contributed by atoms with Gasteiger partial charge < -0.3 is 4.40 Å². The summed E-state index contributed by atoms with van der Waals surface area (Å²) in [6.07, 6.45) is 0. The molecule has 4 heterocycles. The molecule has 0 aliphatic heterocycles. The van der Waals surface area contributed by atoms with Crippen LogP contribution in [0.4, 0.5) is 0 Å². The van der Waals surface area contributed by atoms with Crippen LogP contribution in [-0.4, -0.2) is 9.38 Å². The van der Waals surface area contributed by atoms with Crippen LogP contribution in [0.2, 0.25) is 0 Å². The summed E-state index contributed by atoms with van der Waals surface area (Å²) in [5, 5.41) is 11.5. The van der Waals surface area contributed by atoms with Gasteiger partial charge in [-0.05, 0) is 64.7 Å². The predicted molar refractivity (Wildman–Crippen MR) is 223 cm³/mol. The quantitative estimate of drug-likeness (QED) is 0.170. The monoisotopic (exact) mass is 676 g/mol. The van der Waals surface area contributed by atoms with Crippen LogP contribution in [0.1, 0.15) is 0 Å². The Hall–Kier alpha value is -6.55. The molecule has 240 valence electrons. The summed E-state index contributed by atoms with van der Waals surface area (Å²) < 4.78 is 5.06. The van der Waals surface area contributed by atoms with E-state index in [9.17, 15) is 0 Å². The largest absolute Gasteiger partial charge is 0.308 e. The van der Waals surface area contributed by atoms with Gasteiger partial charge in [-0.3, -0.25) is 0 Å². The van der Waals surface area contributed by atoms with Crippen LogP contribution in [-0.2, 0) is 0 Å². The first-order valence-corrected chi connectivity index (χ1v) is 18.6. The molecule has 0 bridgehead atoms. The van der Waals surface area contributed by atoms with Crippen molar-refractivity contribution in [3.05, 3.63) is 170 Å². The minimum absolute atomic E-state index is 1.01. The van der Waals surface area contributed by atoms with Crippen LogP contribution in [0.3, 0.4) is 0 Å². The maximum atomic E-state index is 5.39. The third-order valence-corrected chi connectivity index (χ3v) is 12.2. The first-order chi connectivity index (χ1) is 25.8. The van der Waals surface area contributed by atoms with Gasteiger partial charge in [-0.1, -0.05) is 127 Å². The van der Waals surface area contributed by atoms with E-state index < -0.39 is 0 Å². The molecule has 4 aromatic heterocycles. The Morgan fingerprint density at radius 2 is 0.962 bits per heavy atom. The van der Waals surface area contributed by atoms with E-state index >= 15 is 0 Å². The highest BCUT2D eigenvalue weighted by Crippen LogP contribution is 2.45. The number of hydrogen-bond acceptors (Lipinski definition) is 2. The highest BCUT2D eigenvalue weighted by molar-refractivity contribution is 7.26. The molecule has 0 N–H and O–H groups in total. The van der Waals surface area contributed by atoms with Gasteiger partial charge >= 0.3 is 0 Å². The lowest BCUT2D eigenvalue weighted by Gasteiger charge is -2.13. The van der Waals surface area contributed by atoms with Crippen LogP contribution >= 0.6 is 11.3 Å². The fourth-order valence-electron chi connectivity index (χ4n) is 8.78. The van der Waals surface area contributed by atoms with Crippen LogP contribution < -0.4 is 0 Å². The molecule has 0 spiro atoms. The van der Waals surface area contributed by atoms with Crippen LogP contribution in [0, 0.1) is 0 Å². The topological polar surface area (TPSA) is 17.3 Å². The predicted octanol–water partition coefficient (Wildman–Crippen LogP) is 13.9. The molecule has 0 fully saturated rings. The molecule has 0 atom stereocenters. The van der Waals surface area contributed by atoms with E-state index in [1.54, 1.807) is 0 Å². The number of fused-ring (bicyclic) bond motifs is 13. The first kappa shape index (κ1) is 28.2. The summed E-state index contributed by atoms with van der Waals surface area (Å²) in [7, 11) is 0. The molecule has 0 aliphatic rings. The third-order valence-electron chi connectivity index (χ3n) is 11.1. The lowest BCUT2D eigenvalue weighted by Crippen LogP contribution is -1.91. The van der Waals surface area contributed by atoms with Gasteiger partial charge in [0.1, 0.15) is 0 Å². The standard InChI is InChI=1S/C49H28N2S/c1-2-10-31(11-3-1)48-38-24-25-45-47(37-14-6-9-17-44(37)52-45)46(38)36-23-22-32(28-41(36)50-48)29-18-20-30(21-19-29)33-26-39-34-12-4-7-15-42(34)51-43-16-8-5-13-35(43)40(27-33)49(39)51/h1-28H. The van der Waals surface area contributed by atoms with Crippen molar-refractivity contribution in [3.63, 3.8) is 0 Å². The SMILES string of the molecule is c1ccc(-c2nc3cc(-c4ccc(-c5cc6c7ccccc7n7c8ccccc8c(c5)c67)cc4)ccc3c3c2ccc2sc4ccccc4c23)cc1. The zero-order chi connectivity index (χ0) is 33.9. The number of aromatic nitrogens is 2. The number of hydrogen-bond donors (Lipinski definition) is 0. The van der Waals surface area contributed by atoms with Crippen molar-refractivity contribution in [2.24, 2.45) is 0 Å². The molecular formula is C49H28N2S. The maximum Gasteiger partial charge on any atom is 0.0788 e. The molecule has 0 radical (unpaired) electrons. The lowest BCUT2D eigenvalue weighted by molar-refractivity contribution is 1.37. The van der Waals surface area contributed by atoms with Gasteiger partial charge in [0, 0.05) is 63.4 Å². The van der Waals surface area contributed by atoms with Gasteiger partial charge in [-0.15, -0.1) is 11.3 Å². The van der Waals surface area contributed by atoms with Crippen LogP contribution in [0.25, 0.3) is 113 Å². The molecule has 0 saturated carbocycles. The maximum absolute atomic E-state index is 5.39. The molecule has 3 heteroatoms. The molecular weight excluding hydrogens is 649 g/mol. The zero-order valence-corrected chi connectivity index (χ0v) is 28.8. The summed E-state index contributed by atoms with van der Waals surface area (Å²) in [4.78, 5) is 5.39. The highest BCUT2D eigenvalue weighted by atomic mass is 32.1. The molecule has 0 saturated heterocycles. The van der Waals surface area contributed by atoms with Gasteiger partial charge in [0.05, 0.1) is 27.8 Å². The Morgan fingerprint density at radius 3 is 1.69 bits per heavy atom. The van der Waals surface area contributed by atoms with E-state index in [0.29, 0.717) is 0 Å². The number of rotatable bonds is 3. The van der Waals surface area contributed by atoms with E-state index in [1.165, 1.54) is 96.7 Å². The molecule has 0 unspecified atom stereocenters. The second kappa shape index (κ2) is 10.5. The van der Waals surface area contributed by atoms with Gasteiger partial charge in [-0.25, -0.2) is 4.98 Å². The van der Waals surface area contributed by atoms with Gasteiger partial charge in [0.15, 0.2) is 0 Å². The molecule has 12 rings (SSSR count). The summed E-state index contributed by atoms with van der Waals surface area (Å²) in [6, 6.07) is 62.2. The summed E-state index contributed by atoms with van der Waals surface area (Å²) in [5.41, 5.74) is 11.8. The minimum Gasteiger partial charge on any atom is -0.308 e. The van der Waals surface area contributed by atoms with Crippen LogP contribution in [0.5, 0.6) is 0 Å². The number of thiophene rings is 1. The fourth-order valence-corrected chi connectivity index (χ4v) is 9.89. The van der Waals surface area contributed by atoms with Crippen LogP contribution in [0.15, 0.2) is 170 Å². The highest BCUT2D eigenvalue weighted by Gasteiger charge is 2.19. The van der Waals surface area contributed by atoms with E-state index in [-0.39, 0.29) is 0 Å². The second-order valence-corrected chi connectivity index (χ2v) is 15.0. The van der Waals surface area contributed by atoms with E-state index in [2.05, 4.69) is 174 Å². The van der Waals surface area contributed by atoms with Gasteiger partial charge in [-0.2, -0.15) is 0 Å². The second-order valence-electron chi connectivity index (χ2n) is 13.9. The van der Waals surface area contributed by atoms with E-state index in [0.717, 1.165) is 16.8 Å². The zero-order valence-electron chi connectivity index (χ0n) is 28.0. The first-order valence-electron chi connectivity index (χ1n) is 17.8. The average Bonchev–Trinajstić information content (AvgIpc) is 3.87. The normalized spacial score (nSPS) is 12.2.